The molecule has 2 nitrogen and oxygen atoms in total. The van der Waals surface area contributed by atoms with Crippen LogP contribution in [0, 0.1) is 0 Å². The van der Waals surface area contributed by atoms with Gasteiger partial charge in [-0.05, 0) is 47.5 Å². The van der Waals surface area contributed by atoms with E-state index in [9.17, 15) is 18.0 Å². The molecule has 0 aromatic rings. The number of carbonyl (C=O) groups excluding carboxylic acids is 1. The smallest absolute Gasteiger partial charge is 0.214 e. The number of amides is 1. The van der Waals surface area contributed by atoms with Crippen LogP contribution in [0.25, 0.3) is 0 Å². The lowest BCUT2D eigenvalue weighted by molar-refractivity contribution is -0.115. The lowest BCUT2D eigenvalue weighted by Gasteiger charge is -1.88. The number of carbonyl (C=O) groups is 1. The van der Waals surface area contributed by atoms with Crippen molar-refractivity contribution in [1.82, 2.24) is 0 Å². The summed E-state index contributed by atoms with van der Waals surface area (Å²) in [6, 6.07) is 0. The number of allylic oxidation sites excluding steroid dienone is 8. The average Bonchev–Trinajstić information content (AvgIpc) is 2.90. The van der Waals surface area contributed by atoms with Gasteiger partial charge >= 0.3 is 0 Å². The van der Waals surface area contributed by atoms with Gasteiger partial charge in [-0.25, -0.2) is 8.78 Å². The van der Waals surface area contributed by atoms with Gasteiger partial charge in [-0.15, -0.1) is 6.58 Å². The average molecular weight is 512 g/mol. The standard InChI is InChI=1S/C7H12.C6H12.C5H8F2.C3H6.C2H5NO.3C2H6.CH3F/c1-4-7(5-2)6-3;1-4-6(3)5-2;1-2-3-5(7)4-6;1-3-2;1-2(3)4;4*1-2/h4-5H,1,6H2,2-3H3;4H,5H2,1-3H3;2-3,5H,4H2,1H3;3H,1H2,2H3;1H3,(H2,3,4);3*1-2H3;1H3/b7-5+;6-4+;3-2+;;;;;;. The van der Waals surface area contributed by atoms with Crippen molar-refractivity contribution in [2.45, 2.75) is 116 Å². The van der Waals surface area contributed by atoms with Crippen LogP contribution in [-0.2, 0) is 4.79 Å². The molecule has 0 spiro atoms. The van der Waals surface area contributed by atoms with Crippen molar-refractivity contribution in [3.63, 3.8) is 0 Å². The third-order valence-corrected chi connectivity index (χ3v) is 2.64. The molecule has 0 aromatic carbocycles. The Labute approximate surface area is 220 Å². The number of alkyl halides is 3. The summed E-state index contributed by atoms with van der Waals surface area (Å²) < 4.78 is 32.3. The Morgan fingerprint density at radius 2 is 1.17 bits per heavy atom. The number of nitrogens with two attached hydrogens (primary N) is 1. The largest absolute Gasteiger partial charge is 0.370 e. The van der Waals surface area contributed by atoms with E-state index in [1.54, 1.807) is 13.0 Å². The van der Waals surface area contributed by atoms with E-state index in [4.69, 9.17) is 0 Å². The molecule has 0 aliphatic rings. The van der Waals surface area contributed by atoms with Crippen molar-refractivity contribution in [3.8, 4) is 0 Å². The van der Waals surface area contributed by atoms with E-state index in [0.717, 1.165) is 6.42 Å². The van der Waals surface area contributed by atoms with Gasteiger partial charge in [0.25, 0.3) is 0 Å². The van der Waals surface area contributed by atoms with Crippen LogP contribution in [0.15, 0.2) is 60.8 Å². The Balaban J connectivity index is -0.0000000327. The molecule has 2 N–H and O–H groups in total. The van der Waals surface area contributed by atoms with E-state index in [1.807, 2.05) is 61.5 Å². The van der Waals surface area contributed by atoms with Crippen LogP contribution in [0.2, 0.25) is 0 Å². The van der Waals surface area contributed by atoms with Gasteiger partial charge < -0.3 is 5.73 Å². The molecule has 0 radical (unpaired) electrons. The number of primary amides is 1. The van der Waals surface area contributed by atoms with Crippen molar-refractivity contribution in [1.29, 1.82) is 0 Å². The monoisotopic (exact) mass is 511 g/mol. The Morgan fingerprint density at radius 1 is 0.857 bits per heavy atom. The molecule has 35 heavy (non-hydrogen) atoms. The summed E-state index contributed by atoms with van der Waals surface area (Å²) >= 11 is 0. The van der Waals surface area contributed by atoms with Crippen molar-refractivity contribution >= 4 is 5.91 Å². The minimum absolute atomic E-state index is 0.333. The predicted molar refractivity (Wildman–Crippen MR) is 161 cm³/mol. The SMILES string of the molecule is C/C=C(\C)CC.C/C=C/C(F)CF.C=C/C(=C\C)CC.C=CC.CC.CC.CC.CC(N)=O.CF. The highest BCUT2D eigenvalue weighted by Gasteiger charge is 1.94. The molecule has 0 saturated heterocycles. The minimum atomic E-state index is -1.40. The minimum Gasteiger partial charge on any atom is -0.370 e. The number of hydrogen-bond donors (Lipinski definition) is 1. The maximum atomic E-state index is 11.7. The molecule has 5 heteroatoms. The first-order valence-electron chi connectivity index (χ1n) is 12.5. The highest BCUT2D eigenvalue weighted by atomic mass is 19.2. The third kappa shape index (κ3) is 171. The Bertz CT molecular complexity index is 412. The maximum absolute atomic E-state index is 11.7. The van der Waals surface area contributed by atoms with E-state index in [2.05, 4.69) is 58.7 Å². The molecule has 0 fully saturated rings. The second kappa shape index (κ2) is 85.2. The van der Waals surface area contributed by atoms with Crippen LogP contribution in [0.5, 0.6) is 0 Å². The van der Waals surface area contributed by atoms with Crippen LogP contribution in [-0.4, -0.2) is 25.9 Å². The number of hydrogen-bond acceptors (Lipinski definition) is 1. The molecule has 1 unspecified atom stereocenters. The Morgan fingerprint density at radius 3 is 1.20 bits per heavy atom. The molecular weight excluding hydrogens is 447 g/mol. The summed E-state index contributed by atoms with van der Waals surface area (Å²) in [6.45, 7) is 33.5. The number of halogens is 3. The summed E-state index contributed by atoms with van der Waals surface area (Å²) in [6.07, 6.45) is 11.4. The molecule has 1 atom stereocenters. The quantitative estimate of drug-likeness (QED) is 0.289. The molecule has 0 saturated carbocycles. The van der Waals surface area contributed by atoms with E-state index >= 15 is 0 Å². The lowest BCUT2D eigenvalue weighted by Crippen LogP contribution is -2.01. The second-order valence-corrected chi connectivity index (χ2v) is 5.12. The molecule has 0 aliphatic carbocycles. The summed E-state index contributed by atoms with van der Waals surface area (Å²) in [5.74, 6) is -0.333. The molecule has 0 bridgehead atoms. The lowest BCUT2D eigenvalue weighted by atomic mass is 10.2. The van der Waals surface area contributed by atoms with Gasteiger partial charge in [-0.2, -0.15) is 0 Å². The summed E-state index contributed by atoms with van der Waals surface area (Å²) in [5.41, 5.74) is 7.26. The van der Waals surface area contributed by atoms with Crippen molar-refractivity contribution in [2.24, 2.45) is 5.73 Å². The zero-order chi connectivity index (χ0) is 30.7. The zero-order valence-corrected chi connectivity index (χ0v) is 26.2. The molecule has 0 aliphatic heterocycles. The van der Waals surface area contributed by atoms with Gasteiger partial charge in [-0.3, -0.25) is 9.18 Å². The molecular formula is C30H64F3NO. The van der Waals surface area contributed by atoms with Gasteiger partial charge in [-0.1, -0.05) is 110 Å². The van der Waals surface area contributed by atoms with Crippen molar-refractivity contribution in [2.75, 3.05) is 13.9 Å². The first-order chi connectivity index (χ1) is 16.6. The van der Waals surface area contributed by atoms with Crippen LogP contribution >= 0.6 is 0 Å². The van der Waals surface area contributed by atoms with Gasteiger partial charge in [0.15, 0.2) is 0 Å². The molecule has 1 amide bonds. The maximum Gasteiger partial charge on any atom is 0.214 e. The topological polar surface area (TPSA) is 43.1 Å². The van der Waals surface area contributed by atoms with E-state index in [1.165, 1.54) is 36.6 Å². The fourth-order valence-electron chi connectivity index (χ4n) is 0.931. The first kappa shape index (κ1) is 58.6. The molecule has 0 aromatic heterocycles. The highest BCUT2D eigenvalue weighted by molar-refractivity contribution is 5.70. The second-order valence-electron chi connectivity index (χ2n) is 5.12. The van der Waals surface area contributed by atoms with Crippen molar-refractivity contribution < 1.29 is 18.0 Å². The van der Waals surface area contributed by atoms with Crippen LogP contribution in [0.4, 0.5) is 13.2 Å². The number of rotatable bonds is 5. The fourth-order valence-corrected chi connectivity index (χ4v) is 0.931. The van der Waals surface area contributed by atoms with Gasteiger partial charge in [0, 0.05) is 6.92 Å². The van der Waals surface area contributed by atoms with E-state index in [-0.39, 0.29) is 5.91 Å². The van der Waals surface area contributed by atoms with Gasteiger partial charge in [0.2, 0.25) is 5.91 Å². The first-order valence-corrected chi connectivity index (χ1v) is 12.5. The van der Waals surface area contributed by atoms with E-state index in [0.29, 0.717) is 7.18 Å². The Hall–Kier alpha value is -2.04. The van der Waals surface area contributed by atoms with Gasteiger partial charge in [0.1, 0.15) is 12.8 Å². The third-order valence-electron chi connectivity index (χ3n) is 2.64. The molecule has 0 heterocycles. The molecule has 0 rings (SSSR count). The highest BCUT2D eigenvalue weighted by Crippen LogP contribution is 1.98. The normalized spacial score (nSPS) is 9.20. The zero-order valence-electron chi connectivity index (χ0n) is 26.2. The summed E-state index contributed by atoms with van der Waals surface area (Å²) in [4.78, 5) is 9.22. The summed E-state index contributed by atoms with van der Waals surface area (Å²) in [5, 5.41) is 0. The molecule has 216 valence electrons. The summed E-state index contributed by atoms with van der Waals surface area (Å²) in [7, 11) is 0.500. The van der Waals surface area contributed by atoms with Crippen LogP contribution in [0.3, 0.4) is 0 Å². The van der Waals surface area contributed by atoms with Crippen LogP contribution < -0.4 is 5.73 Å². The fraction of sp³-hybridized carbons (Fsp3) is 0.633. The van der Waals surface area contributed by atoms with Crippen LogP contribution in [0.1, 0.15) is 110 Å². The predicted octanol–water partition coefficient (Wildman–Crippen LogP) is 11.1. The van der Waals surface area contributed by atoms with Gasteiger partial charge in [0.05, 0.1) is 7.18 Å². The van der Waals surface area contributed by atoms with E-state index < -0.39 is 12.8 Å². The van der Waals surface area contributed by atoms with Crippen molar-refractivity contribution in [3.05, 3.63) is 60.8 Å². The Kier molecular flexibility index (Phi) is 143.